The second kappa shape index (κ2) is 4.65. The fraction of sp³-hybridized carbons (Fsp3) is 0. The van der Waals surface area contributed by atoms with E-state index in [0.717, 1.165) is 21.9 Å². The summed E-state index contributed by atoms with van der Waals surface area (Å²) in [5.41, 5.74) is 5.57. The number of nitrogens with zero attached hydrogens (tertiary/aromatic N) is 3. The molecule has 0 bridgehead atoms. The third-order valence-electron chi connectivity index (χ3n) is 4.35. The van der Waals surface area contributed by atoms with E-state index < -0.39 is 0 Å². The summed E-state index contributed by atoms with van der Waals surface area (Å²) in [6, 6.07) is 20.9. The monoisotopic (exact) mass is 295 g/mol. The number of benzene rings is 2. The van der Waals surface area contributed by atoms with E-state index >= 15 is 0 Å². The molecule has 5 rings (SSSR count). The molecule has 0 unspecified atom stereocenters. The molecular weight excluding hydrogens is 282 g/mol. The van der Waals surface area contributed by atoms with Gasteiger partial charge in [-0.3, -0.25) is 9.38 Å². The highest BCUT2D eigenvalue weighted by Gasteiger charge is 2.13. The van der Waals surface area contributed by atoms with Crippen LogP contribution in [0.25, 0.3) is 38.4 Å². The molecule has 0 saturated heterocycles. The summed E-state index contributed by atoms with van der Waals surface area (Å²) in [6.45, 7) is 0. The summed E-state index contributed by atoms with van der Waals surface area (Å²) in [7, 11) is 0. The summed E-state index contributed by atoms with van der Waals surface area (Å²) < 4.78 is 2.15. The molecule has 108 valence electrons. The molecule has 3 aromatic heterocycles. The second-order valence-electron chi connectivity index (χ2n) is 5.62. The van der Waals surface area contributed by atoms with Gasteiger partial charge < -0.3 is 0 Å². The van der Waals surface area contributed by atoms with Crippen molar-refractivity contribution in [3.05, 3.63) is 79.4 Å². The topological polar surface area (TPSA) is 30.2 Å². The molecule has 3 nitrogen and oxygen atoms in total. The Morgan fingerprint density at radius 1 is 0.783 bits per heavy atom. The van der Waals surface area contributed by atoms with E-state index in [-0.39, 0.29) is 0 Å². The van der Waals surface area contributed by atoms with Crippen LogP contribution in [0.15, 0.2) is 79.4 Å². The number of fused-ring (bicyclic) bond motifs is 6. The minimum Gasteiger partial charge on any atom is -0.296 e. The Bertz CT molecular complexity index is 1160. The molecule has 0 amide bonds. The molecule has 0 aliphatic carbocycles. The molecule has 3 heteroatoms. The van der Waals surface area contributed by atoms with Crippen LogP contribution in [-0.4, -0.2) is 14.4 Å². The fourth-order valence-corrected chi connectivity index (χ4v) is 3.33. The van der Waals surface area contributed by atoms with Gasteiger partial charge in [0.25, 0.3) is 0 Å². The van der Waals surface area contributed by atoms with E-state index in [9.17, 15) is 0 Å². The van der Waals surface area contributed by atoms with Crippen LogP contribution >= 0.6 is 0 Å². The van der Waals surface area contributed by atoms with Gasteiger partial charge in [-0.2, -0.15) is 0 Å². The van der Waals surface area contributed by atoms with Crippen LogP contribution in [0, 0.1) is 0 Å². The number of rotatable bonds is 1. The van der Waals surface area contributed by atoms with Crippen LogP contribution in [0.1, 0.15) is 0 Å². The highest BCUT2D eigenvalue weighted by Crippen LogP contribution is 2.33. The molecule has 0 N–H and O–H groups in total. The van der Waals surface area contributed by atoms with Gasteiger partial charge in [0.2, 0.25) is 0 Å². The van der Waals surface area contributed by atoms with Crippen LogP contribution in [-0.2, 0) is 0 Å². The highest BCUT2D eigenvalue weighted by molar-refractivity contribution is 6.13. The summed E-state index contributed by atoms with van der Waals surface area (Å²) in [6.07, 6.45) is 5.68. The zero-order chi connectivity index (χ0) is 15.2. The van der Waals surface area contributed by atoms with Crippen molar-refractivity contribution in [3.63, 3.8) is 0 Å². The van der Waals surface area contributed by atoms with Crippen molar-refractivity contribution in [1.82, 2.24) is 14.4 Å². The Hall–Kier alpha value is -3.20. The first-order valence-electron chi connectivity index (χ1n) is 7.60. The Morgan fingerprint density at radius 2 is 1.57 bits per heavy atom. The molecule has 0 spiro atoms. The number of hydrogen-bond acceptors (Lipinski definition) is 2. The predicted octanol–water partition coefficient (Wildman–Crippen LogP) is 4.70. The lowest BCUT2D eigenvalue weighted by atomic mass is 10.0. The third-order valence-corrected chi connectivity index (χ3v) is 4.35. The van der Waals surface area contributed by atoms with Crippen molar-refractivity contribution in [3.8, 4) is 11.1 Å². The lowest BCUT2D eigenvalue weighted by Crippen LogP contribution is -1.94. The quantitative estimate of drug-likeness (QED) is 0.419. The summed E-state index contributed by atoms with van der Waals surface area (Å²) in [5, 5.41) is 2.34. The zero-order valence-corrected chi connectivity index (χ0v) is 12.3. The van der Waals surface area contributed by atoms with E-state index in [1.54, 1.807) is 0 Å². The maximum absolute atomic E-state index is 4.68. The van der Waals surface area contributed by atoms with E-state index in [1.165, 1.54) is 16.5 Å². The molecule has 0 aliphatic heterocycles. The van der Waals surface area contributed by atoms with Crippen molar-refractivity contribution in [2.24, 2.45) is 0 Å². The Labute approximate surface area is 132 Å². The molecule has 3 heterocycles. The van der Waals surface area contributed by atoms with Gasteiger partial charge in [-0.1, -0.05) is 54.6 Å². The van der Waals surface area contributed by atoms with E-state index in [0.29, 0.717) is 0 Å². The normalized spacial score (nSPS) is 11.5. The first kappa shape index (κ1) is 12.4. The zero-order valence-electron chi connectivity index (χ0n) is 12.3. The molecule has 2 aromatic carbocycles. The second-order valence-corrected chi connectivity index (χ2v) is 5.62. The number of aromatic nitrogens is 3. The van der Waals surface area contributed by atoms with Crippen molar-refractivity contribution in [2.45, 2.75) is 0 Å². The van der Waals surface area contributed by atoms with Crippen molar-refractivity contribution in [1.29, 1.82) is 0 Å². The minimum atomic E-state index is 1.01. The highest BCUT2D eigenvalue weighted by atomic mass is 15.0. The largest absolute Gasteiger partial charge is 0.296 e. The molecule has 5 aromatic rings. The molecule has 0 radical (unpaired) electrons. The molecule has 0 saturated carbocycles. The molecular formula is C20H13N3. The van der Waals surface area contributed by atoms with Crippen molar-refractivity contribution in [2.75, 3.05) is 0 Å². The average molecular weight is 295 g/mol. The first-order chi connectivity index (χ1) is 11.4. The summed E-state index contributed by atoms with van der Waals surface area (Å²) >= 11 is 0. The third kappa shape index (κ3) is 1.70. The van der Waals surface area contributed by atoms with E-state index in [2.05, 4.69) is 69.0 Å². The SMILES string of the molecule is c1ccc(-c2ccnc3c4ccccc4c4cncn4c23)cc1. The van der Waals surface area contributed by atoms with Crippen LogP contribution in [0.4, 0.5) is 0 Å². The van der Waals surface area contributed by atoms with Crippen LogP contribution < -0.4 is 0 Å². The van der Waals surface area contributed by atoms with Crippen molar-refractivity contribution < 1.29 is 0 Å². The number of hydrogen-bond donors (Lipinski definition) is 0. The minimum absolute atomic E-state index is 1.01. The van der Waals surface area contributed by atoms with Gasteiger partial charge in [0.15, 0.2) is 0 Å². The number of pyridine rings is 2. The molecule has 23 heavy (non-hydrogen) atoms. The Morgan fingerprint density at radius 3 is 2.43 bits per heavy atom. The lowest BCUT2D eigenvalue weighted by molar-refractivity contribution is 1.21. The van der Waals surface area contributed by atoms with Crippen LogP contribution in [0.3, 0.4) is 0 Å². The fourth-order valence-electron chi connectivity index (χ4n) is 3.33. The maximum Gasteiger partial charge on any atom is 0.0998 e. The van der Waals surface area contributed by atoms with Gasteiger partial charge in [-0.15, -0.1) is 0 Å². The van der Waals surface area contributed by atoms with Gasteiger partial charge in [-0.05, 0) is 11.6 Å². The Kier molecular flexibility index (Phi) is 2.50. The van der Waals surface area contributed by atoms with Crippen molar-refractivity contribution >= 4 is 27.3 Å². The van der Waals surface area contributed by atoms with Gasteiger partial charge in [0, 0.05) is 22.5 Å². The molecule has 0 atom stereocenters. The standard InChI is InChI=1S/C20H13N3/c1-2-6-14(7-3-1)15-10-11-22-19-17-9-5-4-8-16(17)18-12-21-13-23(18)20(15)19/h1-13H. The van der Waals surface area contributed by atoms with Gasteiger partial charge >= 0.3 is 0 Å². The predicted molar refractivity (Wildman–Crippen MR) is 93.4 cm³/mol. The van der Waals surface area contributed by atoms with Gasteiger partial charge in [0.1, 0.15) is 0 Å². The summed E-state index contributed by atoms with van der Waals surface area (Å²) in [4.78, 5) is 9.05. The van der Waals surface area contributed by atoms with E-state index in [1.807, 2.05) is 24.8 Å². The molecule has 0 aliphatic rings. The average Bonchev–Trinajstić information content (AvgIpc) is 3.12. The van der Waals surface area contributed by atoms with Crippen LogP contribution in [0.5, 0.6) is 0 Å². The number of imidazole rings is 1. The first-order valence-corrected chi connectivity index (χ1v) is 7.60. The van der Waals surface area contributed by atoms with Gasteiger partial charge in [-0.25, -0.2) is 4.98 Å². The smallest absolute Gasteiger partial charge is 0.0998 e. The molecule has 0 fully saturated rings. The van der Waals surface area contributed by atoms with Crippen LogP contribution in [0.2, 0.25) is 0 Å². The van der Waals surface area contributed by atoms with Gasteiger partial charge in [0.05, 0.1) is 29.1 Å². The lowest BCUT2D eigenvalue weighted by Gasteiger charge is -2.12. The maximum atomic E-state index is 4.68. The van der Waals surface area contributed by atoms with E-state index in [4.69, 9.17) is 0 Å². The summed E-state index contributed by atoms with van der Waals surface area (Å²) in [5.74, 6) is 0. The Balaban J connectivity index is 2.07.